The van der Waals surface area contributed by atoms with Gasteiger partial charge in [-0.2, -0.15) is 5.26 Å². The van der Waals surface area contributed by atoms with Crippen LogP contribution in [0, 0.1) is 11.3 Å². The largest absolute Gasteiger partial charge is 0.484 e. The molecular formula is C15H21N3O3. The molecule has 0 aliphatic rings. The predicted molar refractivity (Wildman–Crippen MR) is 78.8 cm³/mol. The Kier molecular flexibility index (Phi) is 8.61. The molecule has 0 aliphatic carbocycles. The number of ether oxygens (including phenoxy) is 2. The van der Waals surface area contributed by atoms with E-state index in [0.717, 1.165) is 18.7 Å². The summed E-state index contributed by atoms with van der Waals surface area (Å²) in [5.74, 6) is 0.418. The van der Waals surface area contributed by atoms with Crippen LogP contribution in [-0.4, -0.2) is 39.3 Å². The molecule has 1 aromatic carbocycles. The Morgan fingerprint density at radius 3 is 2.71 bits per heavy atom. The highest BCUT2D eigenvalue weighted by Gasteiger charge is 2.02. The van der Waals surface area contributed by atoms with Gasteiger partial charge < -0.3 is 20.1 Å². The van der Waals surface area contributed by atoms with Crippen molar-refractivity contribution < 1.29 is 14.3 Å². The van der Waals surface area contributed by atoms with Gasteiger partial charge in [0.2, 0.25) is 0 Å². The number of amides is 1. The van der Waals surface area contributed by atoms with Gasteiger partial charge in [0, 0.05) is 26.7 Å². The topological polar surface area (TPSA) is 83.4 Å². The molecule has 114 valence electrons. The lowest BCUT2D eigenvalue weighted by Crippen LogP contribution is -2.29. The van der Waals surface area contributed by atoms with E-state index in [2.05, 4.69) is 10.6 Å². The second-order valence-electron chi connectivity index (χ2n) is 4.36. The predicted octanol–water partition coefficient (Wildman–Crippen LogP) is 0.831. The van der Waals surface area contributed by atoms with Gasteiger partial charge in [-0.25, -0.2) is 0 Å². The third-order valence-corrected chi connectivity index (χ3v) is 2.66. The lowest BCUT2D eigenvalue weighted by Gasteiger charge is -2.08. The maximum Gasteiger partial charge on any atom is 0.257 e. The molecule has 0 bridgehead atoms. The number of nitriles is 1. The van der Waals surface area contributed by atoms with Crippen LogP contribution in [0.25, 0.3) is 0 Å². The summed E-state index contributed by atoms with van der Waals surface area (Å²) in [5.41, 5.74) is 1.14. The normalized spacial score (nSPS) is 9.90. The molecule has 0 radical (unpaired) electrons. The maximum absolute atomic E-state index is 11.4. The van der Waals surface area contributed by atoms with E-state index in [1.165, 1.54) is 0 Å². The zero-order valence-corrected chi connectivity index (χ0v) is 12.2. The molecule has 0 atom stereocenters. The Morgan fingerprint density at radius 1 is 1.29 bits per heavy atom. The molecule has 1 aromatic rings. The van der Waals surface area contributed by atoms with Gasteiger partial charge >= 0.3 is 0 Å². The van der Waals surface area contributed by atoms with Gasteiger partial charge in [-0.1, -0.05) is 12.1 Å². The van der Waals surface area contributed by atoms with Gasteiger partial charge in [-0.05, 0) is 17.7 Å². The van der Waals surface area contributed by atoms with E-state index in [4.69, 9.17) is 14.7 Å². The third kappa shape index (κ3) is 7.92. The zero-order chi connectivity index (χ0) is 15.3. The van der Waals surface area contributed by atoms with Crippen molar-refractivity contribution in [3.8, 4) is 11.8 Å². The van der Waals surface area contributed by atoms with Crippen LogP contribution in [0.2, 0.25) is 0 Å². The van der Waals surface area contributed by atoms with Crippen LogP contribution >= 0.6 is 0 Å². The number of rotatable bonds is 10. The summed E-state index contributed by atoms with van der Waals surface area (Å²) in [4.78, 5) is 11.4. The molecule has 0 unspecified atom stereocenters. The van der Waals surface area contributed by atoms with E-state index < -0.39 is 0 Å². The van der Waals surface area contributed by atoms with Crippen LogP contribution in [0.3, 0.4) is 0 Å². The minimum absolute atomic E-state index is 0.0448. The molecule has 21 heavy (non-hydrogen) atoms. The second kappa shape index (κ2) is 10.7. The number of hydrogen-bond donors (Lipinski definition) is 2. The molecule has 0 saturated heterocycles. The summed E-state index contributed by atoms with van der Waals surface area (Å²) in [5, 5.41) is 14.2. The van der Waals surface area contributed by atoms with E-state index >= 15 is 0 Å². The Bertz CT molecular complexity index is 454. The summed E-state index contributed by atoms with van der Waals surface area (Å²) >= 11 is 0. The van der Waals surface area contributed by atoms with Crippen LogP contribution in [0.15, 0.2) is 24.3 Å². The monoisotopic (exact) mass is 291 g/mol. The molecule has 0 heterocycles. The first-order chi connectivity index (χ1) is 10.3. The Labute approximate surface area is 125 Å². The van der Waals surface area contributed by atoms with Crippen molar-refractivity contribution in [2.75, 3.05) is 33.4 Å². The number of carbonyl (C=O) groups excluding carboxylic acids is 1. The van der Waals surface area contributed by atoms with Gasteiger partial charge in [-0.3, -0.25) is 4.79 Å². The summed E-state index contributed by atoms with van der Waals surface area (Å²) in [6.07, 6.45) is 0.302. The average Bonchev–Trinajstić information content (AvgIpc) is 2.51. The summed E-state index contributed by atoms with van der Waals surface area (Å²) < 4.78 is 10.3. The first-order valence-corrected chi connectivity index (χ1v) is 6.81. The van der Waals surface area contributed by atoms with Gasteiger partial charge in [0.25, 0.3) is 5.91 Å². The van der Waals surface area contributed by atoms with Gasteiger partial charge in [0.15, 0.2) is 6.61 Å². The average molecular weight is 291 g/mol. The molecule has 0 aromatic heterocycles. The SMILES string of the molecule is COCCNCc1ccc(OCC(=O)NCCC#N)cc1. The second-order valence-corrected chi connectivity index (χ2v) is 4.36. The third-order valence-electron chi connectivity index (χ3n) is 2.66. The Morgan fingerprint density at radius 2 is 2.05 bits per heavy atom. The van der Waals surface area contributed by atoms with E-state index in [0.29, 0.717) is 25.3 Å². The van der Waals surface area contributed by atoms with Gasteiger partial charge in [0.05, 0.1) is 19.1 Å². The highest BCUT2D eigenvalue weighted by atomic mass is 16.5. The van der Waals surface area contributed by atoms with Gasteiger partial charge in [0.1, 0.15) is 5.75 Å². The van der Waals surface area contributed by atoms with Crippen molar-refractivity contribution in [1.82, 2.24) is 10.6 Å². The van der Waals surface area contributed by atoms with Crippen LogP contribution in [0.1, 0.15) is 12.0 Å². The molecule has 6 heteroatoms. The number of nitrogens with zero attached hydrogens (tertiary/aromatic N) is 1. The molecule has 2 N–H and O–H groups in total. The van der Waals surface area contributed by atoms with Crippen molar-refractivity contribution in [2.45, 2.75) is 13.0 Å². The quantitative estimate of drug-likeness (QED) is 0.624. The number of carbonyl (C=O) groups is 1. The fraction of sp³-hybridized carbons (Fsp3) is 0.467. The van der Waals surface area contributed by atoms with E-state index in [1.807, 2.05) is 30.3 Å². The Balaban J connectivity index is 2.24. The van der Waals surface area contributed by atoms with Crippen molar-refractivity contribution in [3.05, 3.63) is 29.8 Å². The van der Waals surface area contributed by atoms with Gasteiger partial charge in [-0.15, -0.1) is 0 Å². The summed E-state index contributed by atoms with van der Waals surface area (Å²) in [7, 11) is 1.67. The van der Waals surface area contributed by atoms with Crippen LogP contribution in [0.4, 0.5) is 0 Å². The number of benzene rings is 1. The van der Waals surface area contributed by atoms with Crippen molar-refractivity contribution in [3.63, 3.8) is 0 Å². The number of nitrogens with one attached hydrogen (secondary N) is 2. The molecule has 0 spiro atoms. The molecular weight excluding hydrogens is 270 g/mol. The van der Waals surface area contributed by atoms with Crippen LogP contribution < -0.4 is 15.4 Å². The van der Waals surface area contributed by atoms with Crippen molar-refractivity contribution in [2.24, 2.45) is 0 Å². The molecule has 1 amide bonds. The molecule has 0 saturated carbocycles. The fourth-order valence-corrected chi connectivity index (χ4v) is 1.57. The highest BCUT2D eigenvalue weighted by molar-refractivity contribution is 5.77. The molecule has 0 aliphatic heterocycles. The standard InChI is InChI=1S/C15H21N3O3/c1-20-10-9-17-11-13-3-5-14(6-4-13)21-12-15(19)18-8-2-7-16/h3-6,17H,2,8-12H2,1H3,(H,18,19). The fourth-order valence-electron chi connectivity index (χ4n) is 1.57. The lowest BCUT2D eigenvalue weighted by atomic mass is 10.2. The van der Waals surface area contributed by atoms with E-state index in [9.17, 15) is 4.79 Å². The molecule has 0 fully saturated rings. The first-order valence-electron chi connectivity index (χ1n) is 6.81. The minimum Gasteiger partial charge on any atom is -0.484 e. The van der Waals surface area contributed by atoms with Crippen molar-refractivity contribution in [1.29, 1.82) is 5.26 Å². The highest BCUT2D eigenvalue weighted by Crippen LogP contribution is 2.11. The van der Waals surface area contributed by atoms with Crippen molar-refractivity contribution >= 4 is 5.91 Å². The van der Waals surface area contributed by atoms with Crippen LogP contribution in [0.5, 0.6) is 5.75 Å². The molecule has 6 nitrogen and oxygen atoms in total. The minimum atomic E-state index is -0.226. The smallest absolute Gasteiger partial charge is 0.257 e. The number of methoxy groups -OCH3 is 1. The summed E-state index contributed by atoms with van der Waals surface area (Å²) in [6.45, 7) is 2.56. The molecule has 1 rings (SSSR count). The van der Waals surface area contributed by atoms with Crippen LogP contribution in [-0.2, 0) is 16.1 Å². The first kappa shape index (κ1) is 17.0. The summed E-state index contributed by atoms with van der Waals surface area (Å²) in [6, 6.07) is 9.51. The van der Waals surface area contributed by atoms with E-state index in [-0.39, 0.29) is 12.5 Å². The Hall–Kier alpha value is -2.10. The lowest BCUT2D eigenvalue weighted by molar-refractivity contribution is -0.123. The maximum atomic E-state index is 11.4. The zero-order valence-electron chi connectivity index (χ0n) is 12.2. The number of hydrogen-bond acceptors (Lipinski definition) is 5. The van der Waals surface area contributed by atoms with E-state index in [1.54, 1.807) is 7.11 Å².